The fourth-order valence-electron chi connectivity index (χ4n) is 4.62. The van der Waals surface area contributed by atoms with Gasteiger partial charge in [-0.3, -0.25) is 34.0 Å². The zero-order chi connectivity index (χ0) is 29.1. The Morgan fingerprint density at radius 3 is 1.46 bits per heavy atom. The molecule has 2 rings (SSSR count). The predicted molar refractivity (Wildman–Crippen MR) is 133 cm³/mol. The van der Waals surface area contributed by atoms with Crippen LogP contribution in [0.25, 0.3) is 0 Å². The Morgan fingerprint density at radius 1 is 0.718 bits per heavy atom. The molecule has 39 heavy (non-hydrogen) atoms. The summed E-state index contributed by atoms with van der Waals surface area (Å²) in [5, 5.41) is 67.6. The van der Waals surface area contributed by atoms with Crippen LogP contribution in [0.2, 0.25) is 0 Å². The molecule has 2 fully saturated rings. The molecule has 2 aliphatic heterocycles. The zero-order valence-corrected chi connectivity index (χ0v) is 22.1. The molecule has 0 spiro atoms. The molecule has 7 N–H and O–H groups in total. The van der Waals surface area contributed by atoms with E-state index in [2.05, 4.69) is 0 Å². The molecule has 0 aromatic carbocycles. The molecule has 16 heteroatoms. The van der Waals surface area contributed by atoms with Gasteiger partial charge in [0.1, 0.15) is 24.4 Å². The minimum absolute atomic E-state index is 0.239. The summed E-state index contributed by atoms with van der Waals surface area (Å²) in [6.45, 7) is 3.26. The van der Waals surface area contributed by atoms with E-state index in [0.29, 0.717) is 39.3 Å². The van der Waals surface area contributed by atoms with Crippen molar-refractivity contribution in [1.29, 1.82) is 0 Å². The van der Waals surface area contributed by atoms with E-state index in [0.717, 1.165) is 0 Å². The summed E-state index contributed by atoms with van der Waals surface area (Å²) in [5.41, 5.74) is 0. The van der Waals surface area contributed by atoms with Gasteiger partial charge in [-0.05, 0) is 6.92 Å². The summed E-state index contributed by atoms with van der Waals surface area (Å²) < 4.78 is 11.2. The maximum atomic E-state index is 11.4. The van der Waals surface area contributed by atoms with Crippen molar-refractivity contribution in [1.82, 2.24) is 19.6 Å². The number of nitrogens with zero attached hydrogens (tertiary/aromatic N) is 4. The van der Waals surface area contributed by atoms with Gasteiger partial charge in [-0.2, -0.15) is 0 Å². The average Bonchev–Trinajstić information content (AvgIpc) is 2.85. The topological polar surface area (TPSA) is 224 Å². The fourth-order valence-corrected chi connectivity index (χ4v) is 4.62. The van der Waals surface area contributed by atoms with Crippen LogP contribution in [0.15, 0.2) is 0 Å². The van der Waals surface area contributed by atoms with E-state index in [1.165, 1.54) is 0 Å². The number of carboxylic acid groups (broad SMARTS) is 3. The van der Waals surface area contributed by atoms with Crippen LogP contribution in [0.5, 0.6) is 0 Å². The summed E-state index contributed by atoms with van der Waals surface area (Å²) in [4.78, 5) is 41.1. The number of hydrogen-bond donors (Lipinski definition) is 7. The predicted octanol–water partition coefficient (Wildman–Crippen LogP) is -4.33. The lowest BCUT2D eigenvalue weighted by molar-refractivity contribution is -0.310. The number of aliphatic hydroxyl groups excluding tert-OH is 4. The molecule has 0 saturated carbocycles. The Balaban J connectivity index is 2.11. The van der Waals surface area contributed by atoms with Crippen LogP contribution in [-0.4, -0.2) is 195 Å². The van der Waals surface area contributed by atoms with E-state index in [1.54, 1.807) is 21.6 Å². The van der Waals surface area contributed by atoms with Crippen LogP contribution in [0.4, 0.5) is 0 Å². The minimum atomic E-state index is -1.58. The number of carboxylic acids is 3. The lowest BCUT2D eigenvalue weighted by atomic mass is 9.99. The van der Waals surface area contributed by atoms with Crippen LogP contribution in [0, 0.1) is 0 Å². The molecule has 0 bridgehead atoms. The largest absolute Gasteiger partial charge is 0.480 e. The van der Waals surface area contributed by atoms with Gasteiger partial charge in [-0.25, -0.2) is 0 Å². The first kappa shape index (κ1) is 33.2. The highest BCUT2D eigenvalue weighted by Gasteiger charge is 2.44. The van der Waals surface area contributed by atoms with E-state index in [4.69, 9.17) is 9.47 Å². The second-order valence-corrected chi connectivity index (χ2v) is 9.95. The molecular weight excluding hydrogens is 524 g/mol. The van der Waals surface area contributed by atoms with Gasteiger partial charge in [0.25, 0.3) is 0 Å². The van der Waals surface area contributed by atoms with Crippen molar-refractivity contribution in [2.45, 2.75) is 43.7 Å². The molecule has 0 aromatic rings. The molecule has 0 unspecified atom stereocenters. The van der Waals surface area contributed by atoms with Crippen LogP contribution in [0.3, 0.4) is 0 Å². The Morgan fingerprint density at radius 2 is 1.10 bits per heavy atom. The molecule has 2 saturated heterocycles. The lowest BCUT2D eigenvalue weighted by Gasteiger charge is -2.41. The molecule has 2 heterocycles. The van der Waals surface area contributed by atoms with Crippen molar-refractivity contribution in [2.24, 2.45) is 0 Å². The summed E-state index contributed by atoms with van der Waals surface area (Å²) in [6.07, 6.45) is -7.65. The highest BCUT2D eigenvalue weighted by atomic mass is 16.7. The lowest BCUT2D eigenvalue weighted by Crippen LogP contribution is -2.60. The zero-order valence-electron chi connectivity index (χ0n) is 22.1. The van der Waals surface area contributed by atoms with Gasteiger partial charge in [0.05, 0.1) is 32.3 Å². The molecule has 16 nitrogen and oxygen atoms in total. The van der Waals surface area contributed by atoms with Gasteiger partial charge in [0, 0.05) is 58.9 Å². The first-order valence-electron chi connectivity index (χ1n) is 12.9. The van der Waals surface area contributed by atoms with E-state index in [9.17, 15) is 50.1 Å². The third kappa shape index (κ3) is 11.6. The van der Waals surface area contributed by atoms with Crippen molar-refractivity contribution in [2.75, 3.05) is 85.1 Å². The molecule has 0 aliphatic carbocycles. The van der Waals surface area contributed by atoms with Gasteiger partial charge in [0.15, 0.2) is 6.29 Å². The summed E-state index contributed by atoms with van der Waals surface area (Å²) in [6, 6.07) is 0. The highest BCUT2D eigenvalue weighted by Crippen LogP contribution is 2.23. The number of aliphatic hydroxyl groups is 4. The third-order valence-electron chi connectivity index (χ3n) is 6.74. The van der Waals surface area contributed by atoms with Crippen molar-refractivity contribution < 1.29 is 59.6 Å². The molecule has 6 atom stereocenters. The standard InChI is InChI=1S/C23H42N4O12/c1-15(38-23-22(37)21(36)20(35)16(14-28)39-23)10-24-2-4-25(11-17(29)30)6-8-27(13-19(33)34)9-7-26(5-3-24)12-18(31)32/h15-16,20-23,28,35-37H,2-14H2,1H3,(H,29,30)(H,31,32)(H,33,34)/t15-,16+,20-,21-,22+,23+/m0/s1. The quantitative estimate of drug-likeness (QED) is 0.125. The molecule has 0 amide bonds. The second kappa shape index (κ2) is 16.3. The molecule has 0 aromatic heterocycles. The van der Waals surface area contributed by atoms with Crippen LogP contribution < -0.4 is 0 Å². The maximum Gasteiger partial charge on any atom is 0.317 e. The summed E-state index contributed by atoms with van der Waals surface area (Å²) >= 11 is 0. The van der Waals surface area contributed by atoms with Crippen LogP contribution in [0.1, 0.15) is 6.92 Å². The Bertz CT molecular complexity index is 758. The van der Waals surface area contributed by atoms with Gasteiger partial charge in [0.2, 0.25) is 0 Å². The Hall–Kier alpha value is -1.99. The van der Waals surface area contributed by atoms with Crippen molar-refractivity contribution in [3.8, 4) is 0 Å². The number of rotatable bonds is 11. The number of carbonyl (C=O) groups is 3. The van der Waals surface area contributed by atoms with Crippen LogP contribution in [-0.2, 0) is 23.9 Å². The first-order chi connectivity index (χ1) is 18.4. The van der Waals surface area contributed by atoms with E-state index < -0.39 is 61.3 Å². The number of hydrogen-bond acceptors (Lipinski definition) is 13. The molecule has 2 aliphatic rings. The normalized spacial score (nSPS) is 30.2. The number of aliphatic carboxylic acids is 3. The Labute approximate surface area is 226 Å². The first-order valence-corrected chi connectivity index (χ1v) is 12.9. The number of ether oxygens (including phenoxy) is 2. The molecule has 0 radical (unpaired) electrons. The summed E-state index contributed by atoms with van der Waals surface area (Å²) in [5.74, 6) is -3.08. The van der Waals surface area contributed by atoms with Crippen LogP contribution >= 0.6 is 0 Å². The van der Waals surface area contributed by atoms with Gasteiger partial charge >= 0.3 is 17.9 Å². The average molecular weight is 567 g/mol. The van der Waals surface area contributed by atoms with Crippen molar-refractivity contribution >= 4 is 17.9 Å². The smallest absolute Gasteiger partial charge is 0.317 e. The minimum Gasteiger partial charge on any atom is -0.480 e. The van der Waals surface area contributed by atoms with E-state index in [1.807, 2.05) is 4.90 Å². The highest BCUT2D eigenvalue weighted by molar-refractivity contribution is 5.69. The van der Waals surface area contributed by atoms with Gasteiger partial charge < -0.3 is 45.2 Å². The maximum absolute atomic E-state index is 11.4. The fraction of sp³-hybridized carbons (Fsp3) is 0.870. The van der Waals surface area contributed by atoms with Gasteiger partial charge in [-0.15, -0.1) is 0 Å². The van der Waals surface area contributed by atoms with E-state index in [-0.39, 0.29) is 39.3 Å². The summed E-state index contributed by atoms with van der Waals surface area (Å²) in [7, 11) is 0. The van der Waals surface area contributed by atoms with Crippen molar-refractivity contribution in [3.63, 3.8) is 0 Å². The SMILES string of the molecule is C[C@@H](CN1CCN(CC(=O)O)CCN(CC(=O)O)CCN(CC(=O)O)CC1)O[C@@H]1O[C@H](CO)[C@H](O)[C@H](O)[C@H]1O. The molecule has 226 valence electrons. The van der Waals surface area contributed by atoms with Gasteiger partial charge in [-0.1, -0.05) is 0 Å². The molecular formula is C23H42N4O12. The Kier molecular flexibility index (Phi) is 13.9. The third-order valence-corrected chi connectivity index (χ3v) is 6.74. The monoisotopic (exact) mass is 566 g/mol. The second-order valence-electron chi connectivity index (χ2n) is 9.95. The van der Waals surface area contributed by atoms with E-state index >= 15 is 0 Å². The van der Waals surface area contributed by atoms with Crippen molar-refractivity contribution in [3.05, 3.63) is 0 Å².